The molecule has 0 spiro atoms. The van der Waals surface area contributed by atoms with E-state index in [1.807, 2.05) is 24.3 Å². The number of benzene rings is 4. The molecule has 0 aliphatic carbocycles. The van der Waals surface area contributed by atoms with Crippen LogP contribution in [0.2, 0.25) is 10.0 Å². The summed E-state index contributed by atoms with van der Waals surface area (Å²) in [6.07, 6.45) is 0. The second-order valence-electron chi connectivity index (χ2n) is 9.97. The van der Waals surface area contributed by atoms with E-state index < -0.39 is 0 Å². The fourth-order valence-electron chi connectivity index (χ4n) is 4.95. The number of ketones is 2. The van der Waals surface area contributed by atoms with E-state index in [0.29, 0.717) is 10.0 Å². The first-order chi connectivity index (χ1) is 19.0. The number of nitrogens with zero attached hydrogens (tertiary/aromatic N) is 1. The molecule has 0 atom stereocenters. The maximum atomic E-state index is 12.7. The van der Waals surface area contributed by atoms with Gasteiger partial charge in [0.05, 0.1) is 6.04 Å². The van der Waals surface area contributed by atoms with Crippen LogP contribution in [0.4, 0.5) is 0 Å². The van der Waals surface area contributed by atoms with E-state index in [1.165, 1.54) is 11.1 Å². The van der Waals surface area contributed by atoms with Crippen molar-refractivity contribution in [1.29, 1.82) is 0 Å². The first-order valence-electron chi connectivity index (χ1n) is 13.1. The summed E-state index contributed by atoms with van der Waals surface area (Å²) in [6, 6.07) is 35.4. The molecule has 40 heavy (non-hydrogen) atoms. The summed E-state index contributed by atoms with van der Waals surface area (Å²) in [5.74, 6) is 0.639. The van der Waals surface area contributed by atoms with Gasteiger partial charge < -0.3 is 5.32 Å². The summed E-state index contributed by atoms with van der Waals surface area (Å²) in [4.78, 5) is 26.7. The zero-order chi connectivity index (χ0) is 27.2. The monoisotopic (exact) mass is 592 g/mol. The SMILES string of the molecule is Cl.O=C(c1ccc(Cl)cc1)C1CN(C(c2ccccc2)c2ccccc2)C1.O=C(c1ccc(Cl)cc1)C1CNC1. The molecule has 0 unspecified atom stereocenters. The quantitative estimate of drug-likeness (QED) is 0.227. The molecular weight excluding hydrogens is 563 g/mol. The summed E-state index contributed by atoms with van der Waals surface area (Å²) in [5, 5.41) is 4.40. The number of hydrogen-bond donors (Lipinski definition) is 1. The maximum Gasteiger partial charge on any atom is 0.168 e. The lowest BCUT2D eigenvalue weighted by Crippen LogP contribution is -2.51. The highest BCUT2D eigenvalue weighted by Gasteiger charge is 2.38. The Kier molecular flexibility index (Phi) is 10.5. The van der Waals surface area contributed by atoms with Crippen LogP contribution in [0.15, 0.2) is 109 Å². The van der Waals surface area contributed by atoms with Gasteiger partial charge in [-0.05, 0) is 59.7 Å². The predicted octanol–water partition coefficient (Wildman–Crippen LogP) is 7.41. The third-order valence-corrected chi connectivity index (χ3v) is 7.79. The lowest BCUT2D eigenvalue weighted by atomic mass is 9.86. The average molecular weight is 594 g/mol. The fourth-order valence-corrected chi connectivity index (χ4v) is 5.20. The Morgan fingerprint density at radius 3 is 1.40 bits per heavy atom. The van der Waals surface area contributed by atoms with E-state index in [0.717, 1.165) is 37.3 Å². The van der Waals surface area contributed by atoms with Crippen LogP contribution in [0.25, 0.3) is 0 Å². The molecule has 0 saturated carbocycles. The van der Waals surface area contributed by atoms with Crippen molar-refractivity contribution in [3.8, 4) is 0 Å². The molecule has 206 valence electrons. The molecular formula is C33H31Cl3N2O2. The Balaban J connectivity index is 0.000000223. The molecule has 2 aliphatic heterocycles. The smallest absolute Gasteiger partial charge is 0.168 e. The predicted molar refractivity (Wildman–Crippen MR) is 165 cm³/mol. The molecule has 2 saturated heterocycles. The van der Waals surface area contributed by atoms with Crippen LogP contribution in [0.5, 0.6) is 0 Å². The molecule has 2 fully saturated rings. The van der Waals surface area contributed by atoms with Crippen molar-refractivity contribution in [2.24, 2.45) is 11.8 Å². The molecule has 4 aromatic carbocycles. The zero-order valence-corrected chi connectivity index (χ0v) is 24.2. The number of halogens is 3. The number of hydrogen-bond acceptors (Lipinski definition) is 4. The second-order valence-corrected chi connectivity index (χ2v) is 10.8. The van der Waals surface area contributed by atoms with Crippen molar-refractivity contribution < 1.29 is 9.59 Å². The molecule has 7 heteroatoms. The summed E-state index contributed by atoms with van der Waals surface area (Å²) in [6.45, 7) is 3.16. The molecule has 1 N–H and O–H groups in total. The van der Waals surface area contributed by atoms with Gasteiger partial charge in [0.2, 0.25) is 0 Å². The molecule has 0 bridgehead atoms. The summed E-state index contributed by atoms with van der Waals surface area (Å²) in [5.41, 5.74) is 4.03. The Morgan fingerprint density at radius 2 is 1.02 bits per heavy atom. The fraction of sp³-hybridized carbons (Fsp3) is 0.212. The minimum absolute atomic E-state index is 0. The van der Waals surface area contributed by atoms with Gasteiger partial charge >= 0.3 is 0 Å². The molecule has 2 heterocycles. The molecule has 0 radical (unpaired) electrons. The Bertz CT molecular complexity index is 1350. The zero-order valence-electron chi connectivity index (χ0n) is 21.9. The molecule has 0 aromatic heterocycles. The minimum Gasteiger partial charge on any atom is -0.315 e. The number of rotatable bonds is 7. The topological polar surface area (TPSA) is 49.4 Å². The normalized spacial score (nSPS) is 15.2. The van der Waals surface area contributed by atoms with Crippen molar-refractivity contribution in [2.75, 3.05) is 26.2 Å². The minimum atomic E-state index is 0. The number of carbonyl (C=O) groups excluding carboxylic acids is 2. The third kappa shape index (κ3) is 7.20. The van der Waals surface area contributed by atoms with Gasteiger partial charge in [0.1, 0.15) is 0 Å². The van der Waals surface area contributed by atoms with Gasteiger partial charge in [-0.3, -0.25) is 14.5 Å². The molecule has 4 nitrogen and oxygen atoms in total. The lowest BCUT2D eigenvalue weighted by molar-refractivity contribution is 0.0503. The number of likely N-dealkylation sites (tertiary alicyclic amines) is 1. The van der Waals surface area contributed by atoms with Gasteiger partial charge in [0, 0.05) is 59.2 Å². The Labute approximate surface area is 251 Å². The average Bonchev–Trinajstić information content (AvgIpc) is 2.91. The Morgan fingerprint density at radius 1 is 0.625 bits per heavy atom. The number of Topliss-reactive ketones (excluding diaryl/α,β-unsaturated/α-hetero) is 2. The van der Waals surface area contributed by atoms with Crippen LogP contribution in [-0.2, 0) is 0 Å². The first kappa shape index (κ1) is 30.0. The van der Waals surface area contributed by atoms with Crippen molar-refractivity contribution in [2.45, 2.75) is 6.04 Å². The van der Waals surface area contributed by atoms with Gasteiger partial charge in [-0.1, -0.05) is 83.9 Å². The first-order valence-corrected chi connectivity index (χ1v) is 13.9. The van der Waals surface area contributed by atoms with Gasteiger partial charge in [-0.2, -0.15) is 0 Å². The van der Waals surface area contributed by atoms with E-state index in [2.05, 4.69) is 58.7 Å². The highest BCUT2D eigenvalue weighted by atomic mass is 35.5. The number of nitrogens with one attached hydrogen (secondary N) is 1. The second kappa shape index (κ2) is 14.1. The van der Waals surface area contributed by atoms with Crippen LogP contribution < -0.4 is 5.32 Å². The Hall–Kier alpha value is -2.99. The van der Waals surface area contributed by atoms with E-state index in [9.17, 15) is 9.59 Å². The summed E-state index contributed by atoms with van der Waals surface area (Å²) in [7, 11) is 0. The molecule has 4 aromatic rings. The van der Waals surface area contributed by atoms with Gasteiger partial charge in [-0.15, -0.1) is 12.4 Å². The summed E-state index contributed by atoms with van der Waals surface area (Å²) < 4.78 is 0. The van der Waals surface area contributed by atoms with Crippen molar-refractivity contribution in [3.63, 3.8) is 0 Å². The van der Waals surface area contributed by atoms with Crippen molar-refractivity contribution in [1.82, 2.24) is 10.2 Å². The van der Waals surface area contributed by atoms with Gasteiger partial charge in [-0.25, -0.2) is 0 Å². The van der Waals surface area contributed by atoms with Crippen molar-refractivity contribution >= 4 is 47.2 Å². The largest absolute Gasteiger partial charge is 0.315 e. The summed E-state index contributed by atoms with van der Waals surface area (Å²) >= 11 is 11.6. The van der Waals surface area contributed by atoms with Crippen LogP contribution in [0.3, 0.4) is 0 Å². The van der Waals surface area contributed by atoms with Gasteiger partial charge in [0.15, 0.2) is 11.6 Å². The standard InChI is InChI=1S/C23H20ClNO.C10H10ClNO.ClH/c24-21-13-11-19(12-14-21)23(26)20-15-25(16-20)22(17-7-3-1-4-8-17)18-9-5-2-6-10-18;11-9-3-1-7(2-4-9)10(13)8-5-12-6-8;/h1-14,20,22H,15-16H2;1-4,8,12H,5-6H2;1H. The third-order valence-electron chi connectivity index (χ3n) is 7.29. The van der Waals surface area contributed by atoms with Crippen LogP contribution in [0, 0.1) is 11.8 Å². The van der Waals surface area contributed by atoms with E-state index >= 15 is 0 Å². The maximum absolute atomic E-state index is 12.7. The van der Waals surface area contributed by atoms with E-state index in [-0.39, 0.29) is 41.9 Å². The van der Waals surface area contributed by atoms with Crippen LogP contribution in [-0.4, -0.2) is 42.6 Å². The molecule has 2 aliphatic rings. The van der Waals surface area contributed by atoms with E-state index in [1.54, 1.807) is 36.4 Å². The molecule has 0 amide bonds. The lowest BCUT2D eigenvalue weighted by Gasteiger charge is -2.44. The molecule has 6 rings (SSSR count). The van der Waals surface area contributed by atoms with E-state index in [4.69, 9.17) is 23.2 Å². The highest BCUT2D eigenvalue weighted by Crippen LogP contribution is 2.35. The van der Waals surface area contributed by atoms with Crippen molar-refractivity contribution in [3.05, 3.63) is 141 Å². The number of carbonyl (C=O) groups is 2. The van der Waals surface area contributed by atoms with Crippen LogP contribution in [0.1, 0.15) is 37.9 Å². The highest BCUT2D eigenvalue weighted by molar-refractivity contribution is 6.31. The van der Waals surface area contributed by atoms with Crippen LogP contribution >= 0.6 is 35.6 Å². The van der Waals surface area contributed by atoms with Gasteiger partial charge in [0.25, 0.3) is 0 Å².